The predicted molar refractivity (Wildman–Crippen MR) is 130 cm³/mol. The minimum Gasteiger partial charge on any atom is -0.495 e. The lowest BCUT2D eigenvalue weighted by molar-refractivity contribution is 0.0616. The summed E-state index contributed by atoms with van der Waals surface area (Å²) in [5.41, 5.74) is 0.782. The number of nitrogens with zero attached hydrogens (tertiary/aromatic N) is 3. The Bertz CT molecular complexity index is 1720. The van der Waals surface area contributed by atoms with E-state index in [1.165, 1.54) is 13.2 Å². The second kappa shape index (κ2) is 7.77. The molecule has 10 nitrogen and oxygen atoms in total. The van der Waals surface area contributed by atoms with Gasteiger partial charge in [0.1, 0.15) is 11.3 Å². The molecule has 2 N–H and O–H groups in total. The van der Waals surface area contributed by atoms with Crippen LogP contribution in [0.5, 0.6) is 11.6 Å². The van der Waals surface area contributed by atoms with Gasteiger partial charge >= 0.3 is 5.69 Å². The van der Waals surface area contributed by atoms with Crippen molar-refractivity contribution >= 4 is 28.8 Å². The van der Waals surface area contributed by atoms with Gasteiger partial charge in [-0.25, -0.2) is 9.36 Å². The maximum atomic E-state index is 13.2. The molecule has 1 aliphatic carbocycles. The molecular formula is C26H18N4O6. The molecule has 2 aliphatic rings. The number of ether oxygens (including phenoxy) is 1. The van der Waals surface area contributed by atoms with Crippen LogP contribution in [0.15, 0.2) is 63.2 Å². The van der Waals surface area contributed by atoms with Crippen molar-refractivity contribution < 1.29 is 19.4 Å². The summed E-state index contributed by atoms with van der Waals surface area (Å²) in [6.45, 7) is 0. The minimum absolute atomic E-state index is 0.177. The van der Waals surface area contributed by atoms with Crippen molar-refractivity contribution in [2.75, 3.05) is 7.11 Å². The average molecular weight is 482 g/mol. The summed E-state index contributed by atoms with van der Waals surface area (Å²) in [5, 5.41) is 17.0. The Morgan fingerprint density at radius 3 is 2.19 bits per heavy atom. The van der Waals surface area contributed by atoms with Crippen molar-refractivity contribution in [1.82, 2.24) is 14.6 Å². The van der Waals surface area contributed by atoms with Crippen LogP contribution in [0.2, 0.25) is 0 Å². The van der Waals surface area contributed by atoms with E-state index in [-0.39, 0.29) is 11.4 Å². The molecule has 2 amide bonds. The third kappa shape index (κ3) is 2.94. The SMILES string of the molecule is COc1ccccc1-n1c(O)c(C=NN2C(=O)c3ccc4c5c(ccc(c35)C2=O)CC4)c(=O)[nH]c1=O. The van der Waals surface area contributed by atoms with Crippen molar-refractivity contribution in [1.29, 1.82) is 0 Å². The first kappa shape index (κ1) is 21.5. The summed E-state index contributed by atoms with van der Waals surface area (Å²) < 4.78 is 6.09. The van der Waals surface area contributed by atoms with E-state index in [4.69, 9.17) is 4.74 Å². The van der Waals surface area contributed by atoms with E-state index < -0.39 is 34.5 Å². The summed E-state index contributed by atoms with van der Waals surface area (Å²) in [6, 6.07) is 13.5. The highest BCUT2D eigenvalue weighted by molar-refractivity contribution is 6.26. The van der Waals surface area contributed by atoms with Gasteiger partial charge in [-0.2, -0.15) is 10.1 Å². The highest BCUT2D eigenvalue weighted by atomic mass is 16.5. The Morgan fingerprint density at radius 1 is 0.917 bits per heavy atom. The fourth-order valence-corrected chi connectivity index (χ4v) is 4.92. The van der Waals surface area contributed by atoms with Gasteiger partial charge in [0, 0.05) is 5.39 Å². The molecule has 2 heterocycles. The van der Waals surface area contributed by atoms with Gasteiger partial charge in [0.05, 0.1) is 30.1 Å². The molecule has 10 heteroatoms. The molecule has 1 aromatic heterocycles. The number of para-hydroxylation sites is 2. The second-order valence-corrected chi connectivity index (χ2v) is 8.46. The summed E-state index contributed by atoms with van der Waals surface area (Å²) >= 11 is 0. The third-order valence-corrected chi connectivity index (χ3v) is 6.59. The molecule has 3 aromatic carbocycles. The van der Waals surface area contributed by atoms with Crippen LogP contribution in [-0.2, 0) is 12.8 Å². The molecule has 178 valence electrons. The smallest absolute Gasteiger partial charge is 0.335 e. The van der Waals surface area contributed by atoms with Crippen LogP contribution in [0, 0.1) is 0 Å². The fourth-order valence-electron chi connectivity index (χ4n) is 4.92. The molecule has 0 unspecified atom stereocenters. The van der Waals surface area contributed by atoms with Gasteiger partial charge in [-0.3, -0.25) is 19.4 Å². The number of H-pyrrole nitrogens is 1. The number of imide groups is 1. The Balaban J connectivity index is 1.46. The van der Waals surface area contributed by atoms with Crippen molar-refractivity contribution in [3.63, 3.8) is 0 Å². The van der Waals surface area contributed by atoms with Crippen molar-refractivity contribution in [3.05, 3.63) is 97.2 Å². The van der Waals surface area contributed by atoms with Gasteiger partial charge in [-0.15, -0.1) is 0 Å². The first-order chi connectivity index (χ1) is 17.4. The molecule has 0 radical (unpaired) electrons. The number of methoxy groups -OCH3 is 1. The number of hydrogen-bond donors (Lipinski definition) is 2. The number of hydrazone groups is 1. The Hall–Kier alpha value is -4.99. The highest BCUT2D eigenvalue weighted by Crippen LogP contribution is 2.38. The maximum absolute atomic E-state index is 13.2. The topological polar surface area (TPSA) is 134 Å². The quantitative estimate of drug-likeness (QED) is 0.338. The number of rotatable bonds is 4. The number of benzene rings is 3. The van der Waals surface area contributed by atoms with Crippen LogP contribution in [0.25, 0.3) is 16.5 Å². The molecule has 36 heavy (non-hydrogen) atoms. The lowest BCUT2D eigenvalue weighted by atomic mass is 9.92. The number of carbonyl (C=O) groups is 2. The lowest BCUT2D eigenvalue weighted by Crippen LogP contribution is -2.37. The van der Waals surface area contributed by atoms with Gasteiger partial charge in [0.15, 0.2) is 0 Å². The number of aryl methyl sites for hydroxylation is 2. The monoisotopic (exact) mass is 482 g/mol. The number of hydrogen-bond acceptors (Lipinski definition) is 7. The first-order valence-electron chi connectivity index (χ1n) is 11.1. The molecule has 4 aromatic rings. The van der Waals surface area contributed by atoms with Crippen molar-refractivity contribution in [2.24, 2.45) is 5.10 Å². The van der Waals surface area contributed by atoms with Crippen LogP contribution in [0.3, 0.4) is 0 Å². The third-order valence-electron chi connectivity index (χ3n) is 6.59. The molecule has 6 rings (SSSR count). The number of nitrogens with one attached hydrogen (secondary N) is 1. The number of carbonyl (C=O) groups excluding carboxylic acids is 2. The zero-order valence-electron chi connectivity index (χ0n) is 18.9. The summed E-state index contributed by atoms with van der Waals surface area (Å²) in [5.74, 6) is -1.75. The van der Waals surface area contributed by atoms with Crippen LogP contribution < -0.4 is 16.0 Å². The van der Waals surface area contributed by atoms with Gasteiger partial charge in [-0.05, 0) is 53.6 Å². The lowest BCUT2D eigenvalue weighted by Gasteiger charge is -2.23. The molecule has 0 saturated carbocycles. The molecule has 1 aliphatic heterocycles. The molecule has 0 fully saturated rings. The number of aromatic nitrogens is 2. The van der Waals surface area contributed by atoms with Crippen molar-refractivity contribution in [2.45, 2.75) is 12.8 Å². The zero-order valence-corrected chi connectivity index (χ0v) is 18.9. The van der Waals surface area contributed by atoms with Crippen LogP contribution in [-0.4, -0.2) is 44.8 Å². The Labute approximate surface area is 202 Å². The van der Waals surface area contributed by atoms with E-state index in [0.29, 0.717) is 21.5 Å². The first-order valence-corrected chi connectivity index (χ1v) is 11.1. The van der Waals surface area contributed by atoms with Crippen LogP contribution in [0.1, 0.15) is 37.4 Å². The van der Waals surface area contributed by atoms with Gasteiger partial charge < -0.3 is 9.84 Å². The number of amides is 2. The molecule has 0 spiro atoms. The average Bonchev–Trinajstić information content (AvgIpc) is 3.30. The van der Waals surface area contributed by atoms with Gasteiger partial charge in [-0.1, -0.05) is 24.3 Å². The van der Waals surface area contributed by atoms with E-state index >= 15 is 0 Å². The van der Waals surface area contributed by atoms with E-state index in [1.54, 1.807) is 30.3 Å². The zero-order chi connectivity index (χ0) is 25.1. The molecule has 0 bridgehead atoms. The van der Waals surface area contributed by atoms with Crippen LogP contribution in [0.4, 0.5) is 0 Å². The largest absolute Gasteiger partial charge is 0.495 e. The van der Waals surface area contributed by atoms with E-state index in [9.17, 15) is 24.3 Å². The highest BCUT2D eigenvalue weighted by Gasteiger charge is 2.35. The normalized spacial score (nSPS) is 14.3. The Morgan fingerprint density at radius 2 is 1.56 bits per heavy atom. The second-order valence-electron chi connectivity index (χ2n) is 8.46. The van der Waals surface area contributed by atoms with Gasteiger partial charge in [0.2, 0.25) is 5.88 Å². The molecule has 0 atom stereocenters. The van der Waals surface area contributed by atoms with E-state index in [2.05, 4.69) is 10.1 Å². The number of aromatic hydroxyl groups is 1. The Kier molecular flexibility index (Phi) is 4.65. The standard InChI is InChI=1S/C26H18N4O6/c1-36-19-5-3-2-4-18(19)29-23(32)17(22(31)28-26(29)35)12-27-30-24(33)15-10-8-13-6-7-14-9-11-16(25(30)34)21(15)20(13)14/h2-5,8-12,32H,6-7H2,1H3,(H,28,31,35). The predicted octanol–water partition coefficient (Wildman–Crippen LogP) is 2.12. The summed E-state index contributed by atoms with van der Waals surface area (Å²) in [6.07, 6.45) is 2.59. The molecular weight excluding hydrogens is 464 g/mol. The van der Waals surface area contributed by atoms with E-state index in [0.717, 1.165) is 40.1 Å². The maximum Gasteiger partial charge on any atom is 0.335 e. The summed E-state index contributed by atoms with van der Waals surface area (Å²) in [4.78, 5) is 53.7. The van der Waals surface area contributed by atoms with E-state index in [1.807, 2.05) is 12.1 Å². The minimum atomic E-state index is -0.938. The molecule has 0 saturated heterocycles. The number of aromatic amines is 1. The van der Waals surface area contributed by atoms with Crippen molar-refractivity contribution in [3.8, 4) is 17.3 Å². The fraction of sp³-hybridized carbons (Fsp3) is 0.115. The van der Waals surface area contributed by atoms with Crippen LogP contribution >= 0.6 is 0 Å². The van der Waals surface area contributed by atoms with Gasteiger partial charge in [0.25, 0.3) is 17.4 Å². The summed E-state index contributed by atoms with van der Waals surface area (Å²) in [7, 11) is 1.40.